The molecule has 1 N–H and O–H groups in total. The molecule has 1 aromatic heterocycles. The van der Waals surface area contributed by atoms with E-state index in [0.717, 1.165) is 0 Å². The summed E-state index contributed by atoms with van der Waals surface area (Å²) in [5, 5.41) is 18.1. The molecule has 3 aromatic rings. The third kappa shape index (κ3) is 3.14. The van der Waals surface area contributed by atoms with E-state index in [9.17, 15) is 4.79 Å². The zero-order chi connectivity index (χ0) is 16.2. The largest absolute Gasteiger partial charge is 0.486 e. The topological polar surface area (TPSA) is 88.1 Å². The van der Waals surface area contributed by atoms with Gasteiger partial charge in [-0.1, -0.05) is 18.2 Å². The summed E-state index contributed by atoms with van der Waals surface area (Å²) in [4.78, 5) is 15.5. The van der Waals surface area contributed by atoms with E-state index < -0.39 is 5.97 Å². The maximum atomic E-state index is 11.1. The number of hydrogen-bond acceptors (Lipinski definition) is 4. The van der Waals surface area contributed by atoms with Crippen LogP contribution in [0.1, 0.15) is 11.4 Å². The smallest absolute Gasteiger partial charge is 0.323 e. The lowest BCUT2D eigenvalue weighted by Gasteiger charge is -2.08. The first-order chi connectivity index (χ1) is 11.2. The van der Waals surface area contributed by atoms with Gasteiger partial charge in [0.15, 0.2) is 0 Å². The van der Waals surface area contributed by atoms with Gasteiger partial charge in [-0.15, -0.1) is 0 Å². The quantitative estimate of drug-likeness (QED) is 0.782. The van der Waals surface area contributed by atoms with Gasteiger partial charge in [-0.2, -0.15) is 5.26 Å². The van der Waals surface area contributed by atoms with Crippen LogP contribution in [0, 0.1) is 11.3 Å². The van der Waals surface area contributed by atoms with Gasteiger partial charge in [0, 0.05) is 0 Å². The van der Waals surface area contributed by atoms with Crippen LogP contribution in [-0.2, 0) is 17.9 Å². The van der Waals surface area contributed by atoms with Crippen LogP contribution in [0.2, 0.25) is 0 Å². The maximum absolute atomic E-state index is 11.1. The molecular formula is C17H13N3O3. The number of fused-ring (bicyclic) bond motifs is 1. The molecule has 0 atom stereocenters. The number of carboxylic acids is 1. The van der Waals surface area contributed by atoms with Crippen LogP contribution in [-0.4, -0.2) is 20.6 Å². The average molecular weight is 307 g/mol. The molecule has 0 radical (unpaired) electrons. The third-order valence-electron chi connectivity index (χ3n) is 3.36. The summed E-state index contributed by atoms with van der Waals surface area (Å²) in [6, 6.07) is 16.3. The zero-order valence-corrected chi connectivity index (χ0v) is 12.1. The standard InChI is InChI=1S/C17H13N3O3/c18-9-12-6-7-15-14(8-12)19-16(20(15)10-17(21)22)11-23-13-4-2-1-3-5-13/h1-8H,10-11H2,(H,21,22). The SMILES string of the molecule is N#Cc1ccc2c(c1)nc(COc1ccccc1)n2CC(=O)O. The molecule has 114 valence electrons. The van der Waals surface area contributed by atoms with E-state index in [-0.39, 0.29) is 13.2 Å². The lowest BCUT2D eigenvalue weighted by Crippen LogP contribution is -2.13. The minimum absolute atomic E-state index is 0.147. The highest BCUT2D eigenvalue weighted by atomic mass is 16.5. The van der Waals surface area contributed by atoms with Gasteiger partial charge >= 0.3 is 5.97 Å². The minimum atomic E-state index is -0.963. The van der Waals surface area contributed by atoms with Crippen LogP contribution in [0.15, 0.2) is 48.5 Å². The number of rotatable bonds is 5. The second kappa shape index (κ2) is 6.20. The number of benzene rings is 2. The number of ether oxygens (including phenoxy) is 1. The Balaban J connectivity index is 1.97. The monoisotopic (exact) mass is 307 g/mol. The molecule has 0 saturated heterocycles. The molecule has 0 aliphatic rings. The first-order valence-corrected chi connectivity index (χ1v) is 6.96. The van der Waals surface area contributed by atoms with E-state index in [1.54, 1.807) is 22.8 Å². The molecule has 6 nitrogen and oxygen atoms in total. The minimum Gasteiger partial charge on any atom is -0.486 e. The first kappa shape index (κ1) is 14.6. The Morgan fingerprint density at radius 2 is 2.04 bits per heavy atom. The van der Waals surface area contributed by atoms with Gasteiger partial charge in [0.05, 0.1) is 22.7 Å². The molecule has 0 fully saturated rings. The van der Waals surface area contributed by atoms with Crippen LogP contribution < -0.4 is 4.74 Å². The zero-order valence-electron chi connectivity index (χ0n) is 12.1. The molecule has 1 heterocycles. The number of hydrogen-bond donors (Lipinski definition) is 1. The van der Waals surface area contributed by atoms with Crippen molar-refractivity contribution in [1.82, 2.24) is 9.55 Å². The highest BCUT2D eigenvalue weighted by molar-refractivity contribution is 5.79. The van der Waals surface area contributed by atoms with Crippen LogP contribution in [0.25, 0.3) is 11.0 Å². The summed E-state index contributed by atoms with van der Waals surface area (Å²) >= 11 is 0. The molecule has 23 heavy (non-hydrogen) atoms. The molecule has 2 aromatic carbocycles. The molecule has 0 aliphatic heterocycles. The average Bonchev–Trinajstić information content (AvgIpc) is 2.90. The summed E-state index contributed by atoms with van der Waals surface area (Å²) in [6.07, 6.45) is 0. The second-order valence-corrected chi connectivity index (χ2v) is 4.92. The van der Waals surface area contributed by atoms with Crippen molar-refractivity contribution in [2.75, 3.05) is 0 Å². The maximum Gasteiger partial charge on any atom is 0.323 e. The Morgan fingerprint density at radius 1 is 1.26 bits per heavy atom. The van der Waals surface area contributed by atoms with E-state index >= 15 is 0 Å². The molecule has 0 amide bonds. The van der Waals surface area contributed by atoms with E-state index in [0.29, 0.717) is 28.2 Å². The predicted octanol–water partition coefficient (Wildman–Crippen LogP) is 2.57. The van der Waals surface area contributed by atoms with Crippen molar-refractivity contribution in [3.05, 3.63) is 59.9 Å². The summed E-state index contributed by atoms with van der Waals surface area (Å²) < 4.78 is 7.24. The predicted molar refractivity (Wildman–Crippen MR) is 82.9 cm³/mol. The van der Waals surface area contributed by atoms with Gasteiger partial charge in [-0.05, 0) is 30.3 Å². The van der Waals surface area contributed by atoms with Gasteiger partial charge in [0.2, 0.25) is 0 Å². The van der Waals surface area contributed by atoms with Gasteiger partial charge in [0.1, 0.15) is 24.7 Å². The highest BCUT2D eigenvalue weighted by Crippen LogP contribution is 2.19. The normalized spacial score (nSPS) is 10.4. The van der Waals surface area contributed by atoms with Crippen molar-refractivity contribution < 1.29 is 14.6 Å². The number of carboxylic acid groups (broad SMARTS) is 1. The van der Waals surface area contributed by atoms with Crippen molar-refractivity contribution >= 4 is 17.0 Å². The van der Waals surface area contributed by atoms with E-state index in [1.807, 2.05) is 36.4 Å². The number of aliphatic carboxylic acids is 1. The van der Waals surface area contributed by atoms with Gasteiger partial charge in [0.25, 0.3) is 0 Å². The van der Waals surface area contributed by atoms with Gasteiger partial charge in [-0.3, -0.25) is 4.79 Å². The molecule has 6 heteroatoms. The number of nitrogens with zero attached hydrogens (tertiary/aromatic N) is 3. The van der Waals surface area contributed by atoms with Crippen molar-refractivity contribution in [1.29, 1.82) is 5.26 Å². The molecule has 0 spiro atoms. The fourth-order valence-electron chi connectivity index (χ4n) is 2.34. The van der Waals surface area contributed by atoms with Crippen LogP contribution in [0.5, 0.6) is 5.75 Å². The number of para-hydroxylation sites is 1. The Labute approximate surface area is 132 Å². The molecule has 0 aliphatic carbocycles. The fraction of sp³-hybridized carbons (Fsp3) is 0.118. The van der Waals surface area contributed by atoms with E-state index in [1.165, 1.54) is 0 Å². The van der Waals surface area contributed by atoms with Gasteiger partial charge < -0.3 is 14.4 Å². The lowest BCUT2D eigenvalue weighted by molar-refractivity contribution is -0.137. The Hall–Kier alpha value is -3.33. The summed E-state index contributed by atoms with van der Waals surface area (Å²) in [6.45, 7) is -0.0657. The van der Waals surface area contributed by atoms with E-state index in [4.69, 9.17) is 15.1 Å². The number of aromatic nitrogens is 2. The molecule has 0 saturated carbocycles. The van der Waals surface area contributed by atoms with Crippen LogP contribution in [0.4, 0.5) is 0 Å². The number of carbonyl (C=O) groups is 1. The van der Waals surface area contributed by atoms with Crippen molar-refractivity contribution in [2.45, 2.75) is 13.2 Å². The summed E-state index contributed by atoms with van der Waals surface area (Å²) in [5.74, 6) is 0.218. The Morgan fingerprint density at radius 3 is 2.74 bits per heavy atom. The van der Waals surface area contributed by atoms with Crippen molar-refractivity contribution in [3.8, 4) is 11.8 Å². The number of nitriles is 1. The lowest BCUT2D eigenvalue weighted by atomic mass is 10.2. The Bertz CT molecular complexity index is 895. The fourth-order valence-corrected chi connectivity index (χ4v) is 2.34. The number of imidazole rings is 1. The van der Waals surface area contributed by atoms with Crippen LogP contribution >= 0.6 is 0 Å². The van der Waals surface area contributed by atoms with Crippen molar-refractivity contribution in [2.24, 2.45) is 0 Å². The van der Waals surface area contributed by atoms with Crippen LogP contribution in [0.3, 0.4) is 0 Å². The summed E-state index contributed by atoms with van der Waals surface area (Å²) in [7, 11) is 0. The molecule has 0 bridgehead atoms. The highest BCUT2D eigenvalue weighted by Gasteiger charge is 2.14. The van der Waals surface area contributed by atoms with Crippen molar-refractivity contribution in [3.63, 3.8) is 0 Å². The summed E-state index contributed by atoms with van der Waals surface area (Å²) in [5.41, 5.74) is 1.73. The Kier molecular flexibility index (Phi) is 3.93. The van der Waals surface area contributed by atoms with Gasteiger partial charge in [-0.25, -0.2) is 4.98 Å². The molecule has 0 unspecified atom stereocenters. The molecular weight excluding hydrogens is 294 g/mol. The van der Waals surface area contributed by atoms with E-state index in [2.05, 4.69) is 4.98 Å². The first-order valence-electron chi connectivity index (χ1n) is 6.96. The molecule has 3 rings (SSSR count). The third-order valence-corrected chi connectivity index (χ3v) is 3.36. The second-order valence-electron chi connectivity index (χ2n) is 4.92.